The topological polar surface area (TPSA) is 75.0 Å². The summed E-state index contributed by atoms with van der Waals surface area (Å²) in [6, 6.07) is 5.36. The third kappa shape index (κ3) is 4.04. The van der Waals surface area contributed by atoms with Crippen LogP contribution in [0.3, 0.4) is 0 Å². The van der Waals surface area contributed by atoms with Crippen LogP contribution in [0.25, 0.3) is 0 Å². The molecule has 0 aromatic carbocycles. The van der Waals surface area contributed by atoms with Crippen molar-refractivity contribution in [3.8, 4) is 6.07 Å². The Labute approximate surface area is 112 Å². The largest absolute Gasteiger partial charge is 0.381 e. The second-order valence-electron chi connectivity index (χ2n) is 4.64. The lowest BCUT2D eigenvalue weighted by atomic mass is 10.0. The van der Waals surface area contributed by atoms with E-state index in [1.54, 1.807) is 18.3 Å². The maximum atomic E-state index is 12.0. The van der Waals surface area contributed by atoms with E-state index >= 15 is 0 Å². The maximum absolute atomic E-state index is 12.0. The number of carbonyl (C=O) groups is 1. The van der Waals surface area contributed by atoms with Gasteiger partial charge in [0.1, 0.15) is 0 Å². The maximum Gasteiger partial charge on any atom is 0.251 e. The van der Waals surface area contributed by atoms with Crippen molar-refractivity contribution in [1.82, 2.24) is 10.3 Å². The number of amides is 1. The van der Waals surface area contributed by atoms with Gasteiger partial charge in [0.15, 0.2) is 0 Å². The van der Waals surface area contributed by atoms with Gasteiger partial charge in [-0.3, -0.25) is 9.78 Å². The number of nitriles is 1. The summed E-state index contributed by atoms with van der Waals surface area (Å²) in [5.41, 5.74) is 1.19. The number of ether oxygens (including phenoxy) is 1. The normalized spacial score (nSPS) is 15.7. The average Bonchev–Trinajstić information content (AvgIpc) is 2.46. The number of hydrogen-bond donors (Lipinski definition) is 1. The molecule has 19 heavy (non-hydrogen) atoms. The molecule has 0 atom stereocenters. The van der Waals surface area contributed by atoms with Crippen molar-refractivity contribution < 1.29 is 9.53 Å². The molecule has 0 spiro atoms. The van der Waals surface area contributed by atoms with Crippen molar-refractivity contribution in [1.29, 1.82) is 5.26 Å². The highest BCUT2D eigenvalue weighted by atomic mass is 16.5. The van der Waals surface area contributed by atoms with Crippen LogP contribution in [-0.2, 0) is 11.2 Å². The van der Waals surface area contributed by atoms with Crippen molar-refractivity contribution in [3.05, 3.63) is 29.6 Å². The van der Waals surface area contributed by atoms with E-state index in [0.29, 0.717) is 23.7 Å². The summed E-state index contributed by atoms with van der Waals surface area (Å²) in [4.78, 5) is 16.0. The standard InChI is InChI=1S/C14H17N3O2/c15-5-1-13-9-12(2-6-16-13)14(18)17-10-11-3-7-19-8-4-11/h2,6,9,11H,1,3-4,7-8,10H2,(H,17,18). The second-order valence-corrected chi connectivity index (χ2v) is 4.64. The molecule has 1 fully saturated rings. The van der Waals surface area contributed by atoms with Crippen LogP contribution in [-0.4, -0.2) is 30.6 Å². The highest BCUT2D eigenvalue weighted by Gasteiger charge is 2.15. The van der Waals surface area contributed by atoms with Crippen molar-refractivity contribution in [2.75, 3.05) is 19.8 Å². The van der Waals surface area contributed by atoms with Crippen LogP contribution >= 0.6 is 0 Å². The van der Waals surface area contributed by atoms with Crippen LogP contribution in [0.1, 0.15) is 28.9 Å². The Morgan fingerprint density at radius 3 is 3.05 bits per heavy atom. The molecule has 1 aromatic heterocycles. The molecule has 0 aliphatic carbocycles. The molecule has 1 aliphatic rings. The van der Waals surface area contributed by atoms with E-state index in [2.05, 4.69) is 10.3 Å². The molecule has 5 nitrogen and oxygen atoms in total. The monoisotopic (exact) mass is 259 g/mol. The number of nitrogens with zero attached hydrogens (tertiary/aromatic N) is 2. The molecular weight excluding hydrogens is 242 g/mol. The molecule has 0 bridgehead atoms. The van der Waals surface area contributed by atoms with Crippen molar-refractivity contribution in [2.24, 2.45) is 5.92 Å². The van der Waals surface area contributed by atoms with Gasteiger partial charge in [-0.25, -0.2) is 0 Å². The minimum atomic E-state index is -0.104. The van der Waals surface area contributed by atoms with E-state index in [-0.39, 0.29) is 12.3 Å². The zero-order valence-electron chi connectivity index (χ0n) is 10.8. The number of carbonyl (C=O) groups excluding carboxylic acids is 1. The molecular formula is C14H17N3O2. The molecule has 1 amide bonds. The first-order valence-electron chi connectivity index (χ1n) is 6.47. The predicted octanol–water partition coefficient (Wildman–Crippen LogP) is 1.30. The summed E-state index contributed by atoms with van der Waals surface area (Å²) in [6.07, 6.45) is 3.78. The highest BCUT2D eigenvalue weighted by molar-refractivity contribution is 5.94. The number of nitrogens with one attached hydrogen (secondary N) is 1. The SMILES string of the molecule is N#CCc1cc(C(=O)NCC2CCOCC2)ccn1. The average molecular weight is 259 g/mol. The lowest BCUT2D eigenvalue weighted by Gasteiger charge is -2.22. The van der Waals surface area contributed by atoms with Crippen LogP contribution in [0.4, 0.5) is 0 Å². The van der Waals surface area contributed by atoms with Crippen LogP contribution in [0, 0.1) is 17.2 Å². The molecule has 2 heterocycles. The van der Waals surface area contributed by atoms with E-state index in [1.807, 2.05) is 6.07 Å². The van der Waals surface area contributed by atoms with Gasteiger partial charge in [0, 0.05) is 31.5 Å². The lowest BCUT2D eigenvalue weighted by Crippen LogP contribution is -2.32. The molecule has 1 aliphatic heterocycles. The number of pyridine rings is 1. The number of rotatable bonds is 4. The Kier molecular flexibility index (Phi) is 4.87. The quantitative estimate of drug-likeness (QED) is 0.884. The van der Waals surface area contributed by atoms with Crippen LogP contribution in [0.2, 0.25) is 0 Å². The fourth-order valence-electron chi connectivity index (χ4n) is 2.09. The molecule has 0 radical (unpaired) electrons. The minimum absolute atomic E-state index is 0.104. The minimum Gasteiger partial charge on any atom is -0.381 e. The lowest BCUT2D eigenvalue weighted by molar-refractivity contribution is 0.0642. The third-order valence-electron chi connectivity index (χ3n) is 3.23. The van der Waals surface area contributed by atoms with Crippen LogP contribution < -0.4 is 5.32 Å². The van der Waals surface area contributed by atoms with Gasteiger partial charge >= 0.3 is 0 Å². The first-order chi connectivity index (χ1) is 9.29. The van der Waals surface area contributed by atoms with Gasteiger partial charge < -0.3 is 10.1 Å². The Morgan fingerprint density at radius 2 is 2.32 bits per heavy atom. The molecule has 5 heteroatoms. The van der Waals surface area contributed by atoms with Gasteiger partial charge in [-0.2, -0.15) is 5.26 Å². The molecule has 1 saturated heterocycles. The van der Waals surface area contributed by atoms with E-state index in [0.717, 1.165) is 26.1 Å². The molecule has 100 valence electrons. The first-order valence-corrected chi connectivity index (χ1v) is 6.47. The molecule has 1 N–H and O–H groups in total. The van der Waals surface area contributed by atoms with Gasteiger partial charge in [-0.15, -0.1) is 0 Å². The molecule has 0 unspecified atom stereocenters. The highest BCUT2D eigenvalue weighted by Crippen LogP contribution is 2.13. The zero-order valence-corrected chi connectivity index (χ0v) is 10.8. The predicted molar refractivity (Wildman–Crippen MR) is 69.4 cm³/mol. The summed E-state index contributed by atoms with van der Waals surface area (Å²) in [6.45, 7) is 2.24. The van der Waals surface area contributed by atoms with Gasteiger partial charge in [0.25, 0.3) is 5.91 Å². The van der Waals surface area contributed by atoms with Crippen molar-refractivity contribution in [3.63, 3.8) is 0 Å². The molecule has 2 rings (SSSR count). The van der Waals surface area contributed by atoms with E-state index in [4.69, 9.17) is 10.00 Å². The van der Waals surface area contributed by atoms with Crippen LogP contribution in [0.15, 0.2) is 18.3 Å². The second kappa shape index (κ2) is 6.86. The summed E-state index contributed by atoms with van der Waals surface area (Å²) in [7, 11) is 0. The van der Waals surface area contributed by atoms with Gasteiger partial charge in [0.2, 0.25) is 0 Å². The zero-order chi connectivity index (χ0) is 13.5. The van der Waals surface area contributed by atoms with Crippen LogP contribution in [0.5, 0.6) is 0 Å². The Morgan fingerprint density at radius 1 is 1.53 bits per heavy atom. The molecule has 1 aromatic rings. The first kappa shape index (κ1) is 13.5. The fraction of sp³-hybridized carbons (Fsp3) is 0.500. The van der Waals surface area contributed by atoms with E-state index in [1.165, 1.54) is 0 Å². The van der Waals surface area contributed by atoms with Gasteiger partial charge in [-0.1, -0.05) is 0 Å². The summed E-state index contributed by atoms with van der Waals surface area (Å²) in [5, 5.41) is 11.6. The summed E-state index contributed by atoms with van der Waals surface area (Å²) >= 11 is 0. The van der Waals surface area contributed by atoms with Gasteiger partial charge in [-0.05, 0) is 30.9 Å². The van der Waals surface area contributed by atoms with Crippen molar-refractivity contribution >= 4 is 5.91 Å². The number of hydrogen-bond acceptors (Lipinski definition) is 4. The Hall–Kier alpha value is -1.93. The van der Waals surface area contributed by atoms with E-state index in [9.17, 15) is 4.79 Å². The molecule has 0 saturated carbocycles. The fourth-order valence-corrected chi connectivity index (χ4v) is 2.09. The van der Waals surface area contributed by atoms with E-state index < -0.39 is 0 Å². The summed E-state index contributed by atoms with van der Waals surface area (Å²) in [5.74, 6) is 0.395. The van der Waals surface area contributed by atoms with Crippen molar-refractivity contribution in [2.45, 2.75) is 19.3 Å². The Bertz CT molecular complexity index is 476. The smallest absolute Gasteiger partial charge is 0.251 e. The van der Waals surface area contributed by atoms with Gasteiger partial charge in [0.05, 0.1) is 18.2 Å². The summed E-state index contributed by atoms with van der Waals surface area (Å²) < 4.78 is 5.28. The number of aromatic nitrogens is 1. The third-order valence-corrected chi connectivity index (χ3v) is 3.23. The Balaban J connectivity index is 1.88.